The lowest BCUT2D eigenvalue weighted by atomic mass is 9.98. The number of nitrogens with zero attached hydrogens (tertiary/aromatic N) is 1. The van der Waals surface area contributed by atoms with E-state index in [-0.39, 0.29) is 11.7 Å². The van der Waals surface area contributed by atoms with Crippen molar-refractivity contribution in [2.45, 2.75) is 26.8 Å². The molecule has 1 aliphatic rings. The average molecular weight is 279 g/mol. The minimum atomic E-state index is 0.0534. The molecule has 0 atom stereocenters. The molecule has 2 heteroatoms. The van der Waals surface area contributed by atoms with Gasteiger partial charge >= 0.3 is 0 Å². The minimum absolute atomic E-state index is 0.0534. The summed E-state index contributed by atoms with van der Waals surface area (Å²) in [6.07, 6.45) is 1.09. The molecule has 2 nitrogen and oxygen atoms in total. The normalized spacial score (nSPS) is 14.1. The lowest BCUT2D eigenvalue weighted by Gasteiger charge is -2.30. The summed E-state index contributed by atoms with van der Waals surface area (Å²) in [5.41, 5.74) is 4.88. The zero-order valence-corrected chi connectivity index (χ0v) is 12.7. The summed E-state index contributed by atoms with van der Waals surface area (Å²) in [6.45, 7) is 5.87. The lowest BCUT2D eigenvalue weighted by molar-refractivity contribution is 0.0939. The van der Waals surface area contributed by atoms with Crippen molar-refractivity contribution in [1.82, 2.24) is 0 Å². The zero-order chi connectivity index (χ0) is 14.8. The van der Waals surface area contributed by atoms with Gasteiger partial charge in [0.1, 0.15) is 0 Å². The molecule has 1 heterocycles. The third-order valence-corrected chi connectivity index (χ3v) is 4.17. The summed E-state index contributed by atoms with van der Waals surface area (Å²) in [5, 5.41) is 0. The van der Waals surface area contributed by atoms with Crippen LogP contribution < -0.4 is 4.90 Å². The molecule has 0 aromatic heterocycles. The predicted octanol–water partition coefficient (Wildman–Crippen LogP) is 4.09. The molecule has 21 heavy (non-hydrogen) atoms. The van der Waals surface area contributed by atoms with E-state index in [4.69, 9.17) is 0 Å². The zero-order valence-electron chi connectivity index (χ0n) is 12.7. The summed E-state index contributed by atoms with van der Waals surface area (Å²) in [7, 11) is 0. The number of carbonyl (C=O) groups is 1. The molecule has 0 fully saturated rings. The van der Waals surface area contributed by atoms with E-state index < -0.39 is 0 Å². The van der Waals surface area contributed by atoms with Crippen molar-refractivity contribution >= 4 is 11.5 Å². The molecule has 0 N–H and O–H groups in total. The molecule has 0 spiro atoms. The van der Waals surface area contributed by atoms with Crippen LogP contribution in [-0.2, 0) is 13.0 Å². The van der Waals surface area contributed by atoms with Gasteiger partial charge in [0.15, 0.2) is 5.78 Å². The number of fused-ring (bicyclic) bond motifs is 1. The molecule has 0 aliphatic carbocycles. The second-order valence-electron chi connectivity index (χ2n) is 6.01. The van der Waals surface area contributed by atoms with Crippen molar-refractivity contribution in [3.05, 3.63) is 65.2 Å². The first-order valence-corrected chi connectivity index (χ1v) is 7.61. The van der Waals surface area contributed by atoms with Crippen LogP contribution >= 0.6 is 0 Å². The molecule has 2 aromatic carbocycles. The van der Waals surface area contributed by atoms with Crippen LogP contribution in [0.3, 0.4) is 0 Å². The molecule has 0 unspecified atom stereocenters. The first-order chi connectivity index (χ1) is 10.1. The summed E-state index contributed by atoms with van der Waals surface area (Å²) >= 11 is 0. The van der Waals surface area contributed by atoms with E-state index in [9.17, 15) is 4.79 Å². The number of Topliss-reactive ketones (excluding diaryl/α,β-unsaturated/α-hetero) is 1. The number of ketones is 1. The highest BCUT2D eigenvalue weighted by Crippen LogP contribution is 2.25. The van der Waals surface area contributed by atoms with Gasteiger partial charge in [-0.05, 0) is 41.8 Å². The molecule has 2 aromatic rings. The van der Waals surface area contributed by atoms with Gasteiger partial charge in [0.05, 0.1) is 0 Å². The molecule has 0 radical (unpaired) electrons. The fourth-order valence-corrected chi connectivity index (χ4v) is 2.89. The molecule has 0 saturated carbocycles. The molecule has 0 saturated heterocycles. The number of hydrogen-bond acceptors (Lipinski definition) is 2. The van der Waals surface area contributed by atoms with Gasteiger partial charge in [0, 0.05) is 30.3 Å². The second kappa shape index (κ2) is 5.72. The smallest absolute Gasteiger partial charge is 0.165 e. The Bertz CT molecular complexity index is 643. The van der Waals surface area contributed by atoms with Crippen LogP contribution in [0.15, 0.2) is 48.5 Å². The number of carbonyl (C=O) groups excluding carboxylic acids is 1. The maximum Gasteiger partial charge on any atom is 0.165 e. The van der Waals surface area contributed by atoms with Gasteiger partial charge in [-0.15, -0.1) is 0 Å². The van der Waals surface area contributed by atoms with Gasteiger partial charge in [-0.25, -0.2) is 0 Å². The molecule has 1 aliphatic heterocycles. The van der Waals surface area contributed by atoms with Gasteiger partial charge in [0.25, 0.3) is 0 Å². The Hall–Kier alpha value is -2.09. The van der Waals surface area contributed by atoms with Gasteiger partial charge in [-0.3, -0.25) is 4.79 Å². The summed E-state index contributed by atoms with van der Waals surface area (Å²) in [6, 6.07) is 16.7. The van der Waals surface area contributed by atoms with Crippen molar-refractivity contribution in [2.24, 2.45) is 5.92 Å². The first-order valence-electron chi connectivity index (χ1n) is 7.61. The standard InChI is InChI=1S/C19H21NO/c1-14(2)19(21)16-7-9-18(10-8-16)20-12-11-15-5-3-4-6-17(15)13-20/h3-10,14H,11-13H2,1-2H3. The summed E-state index contributed by atoms with van der Waals surface area (Å²) in [4.78, 5) is 14.4. The highest BCUT2D eigenvalue weighted by molar-refractivity contribution is 5.97. The van der Waals surface area contributed by atoms with Crippen LogP contribution in [0.4, 0.5) is 5.69 Å². The Morgan fingerprint density at radius 3 is 2.33 bits per heavy atom. The van der Waals surface area contributed by atoms with Crippen molar-refractivity contribution in [2.75, 3.05) is 11.4 Å². The van der Waals surface area contributed by atoms with Crippen molar-refractivity contribution in [3.8, 4) is 0 Å². The average Bonchev–Trinajstić information content (AvgIpc) is 2.54. The van der Waals surface area contributed by atoms with E-state index in [1.807, 2.05) is 26.0 Å². The maximum atomic E-state index is 12.0. The summed E-state index contributed by atoms with van der Waals surface area (Å²) in [5.74, 6) is 0.267. The molecule has 0 bridgehead atoms. The molecular weight excluding hydrogens is 258 g/mol. The lowest BCUT2D eigenvalue weighted by Crippen LogP contribution is -2.30. The highest BCUT2D eigenvalue weighted by atomic mass is 16.1. The van der Waals surface area contributed by atoms with Gasteiger partial charge in [-0.2, -0.15) is 0 Å². The Morgan fingerprint density at radius 1 is 1.00 bits per heavy atom. The Labute approximate surface area is 126 Å². The van der Waals surface area contributed by atoms with E-state index in [0.717, 1.165) is 25.1 Å². The number of benzene rings is 2. The highest BCUT2D eigenvalue weighted by Gasteiger charge is 2.16. The fourth-order valence-electron chi connectivity index (χ4n) is 2.89. The van der Waals surface area contributed by atoms with E-state index in [0.29, 0.717) is 0 Å². The van der Waals surface area contributed by atoms with Crippen LogP contribution in [0.25, 0.3) is 0 Å². The fraction of sp³-hybridized carbons (Fsp3) is 0.316. The molecule has 0 amide bonds. The summed E-state index contributed by atoms with van der Waals surface area (Å²) < 4.78 is 0. The quantitative estimate of drug-likeness (QED) is 0.789. The van der Waals surface area contributed by atoms with Crippen LogP contribution in [-0.4, -0.2) is 12.3 Å². The third kappa shape index (κ3) is 2.85. The minimum Gasteiger partial charge on any atom is -0.367 e. The maximum absolute atomic E-state index is 12.0. The molecule has 3 rings (SSSR count). The van der Waals surface area contributed by atoms with Crippen molar-refractivity contribution in [1.29, 1.82) is 0 Å². The van der Waals surface area contributed by atoms with Crippen LogP contribution in [0, 0.1) is 5.92 Å². The Balaban J connectivity index is 1.78. The van der Waals surface area contributed by atoms with E-state index in [2.05, 4.69) is 41.3 Å². The van der Waals surface area contributed by atoms with E-state index in [1.165, 1.54) is 16.8 Å². The monoisotopic (exact) mass is 279 g/mol. The first kappa shape index (κ1) is 13.9. The Kier molecular flexibility index (Phi) is 3.78. The molecular formula is C19H21NO. The number of anilines is 1. The van der Waals surface area contributed by atoms with Crippen LogP contribution in [0.5, 0.6) is 0 Å². The topological polar surface area (TPSA) is 20.3 Å². The second-order valence-corrected chi connectivity index (χ2v) is 6.01. The number of rotatable bonds is 3. The van der Waals surface area contributed by atoms with Crippen LogP contribution in [0.1, 0.15) is 35.3 Å². The van der Waals surface area contributed by atoms with Crippen LogP contribution in [0.2, 0.25) is 0 Å². The predicted molar refractivity (Wildman–Crippen MR) is 86.8 cm³/mol. The largest absolute Gasteiger partial charge is 0.367 e. The SMILES string of the molecule is CC(C)C(=O)c1ccc(N2CCc3ccccc3C2)cc1. The van der Waals surface area contributed by atoms with Crippen molar-refractivity contribution in [3.63, 3.8) is 0 Å². The number of hydrogen-bond donors (Lipinski definition) is 0. The molecule has 108 valence electrons. The third-order valence-electron chi connectivity index (χ3n) is 4.17. The Morgan fingerprint density at radius 2 is 1.67 bits per heavy atom. The van der Waals surface area contributed by atoms with Gasteiger partial charge in [0.2, 0.25) is 0 Å². The van der Waals surface area contributed by atoms with E-state index >= 15 is 0 Å². The van der Waals surface area contributed by atoms with Gasteiger partial charge < -0.3 is 4.90 Å². The van der Waals surface area contributed by atoms with E-state index in [1.54, 1.807) is 0 Å². The van der Waals surface area contributed by atoms with Gasteiger partial charge in [-0.1, -0.05) is 38.1 Å². The van der Waals surface area contributed by atoms with Crippen molar-refractivity contribution < 1.29 is 4.79 Å².